The summed E-state index contributed by atoms with van der Waals surface area (Å²) in [6.45, 7) is 3.93. The Balaban J connectivity index is 3.02. The van der Waals surface area contributed by atoms with Crippen LogP contribution < -0.4 is 4.90 Å². The smallest absolute Gasteiger partial charge is 0.125 e. The third-order valence-electron chi connectivity index (χ3n) is 2.31. The molecule has 3 heteroatoms. The van der Waals surface area contributed by atoms with Crippen LogP contribution in [0.3, 0.4) is 0 Å². The number of nitrogens with zero attached hydrogens (tertiary/aromatic N) is 1. The predicted octanol–water partition coefficient (Wildman–Crippen LogP) is 2.16. The van der Waals surface area contributed by atoms with Gasteiger partial charge in [0.1, 0.15) is 5.82 Å². The number of anilines is 1. The van der Waals surface area contributed by atoms with Gasteiger partial charge in [-0.2, -0.15) is 0 Å². The Morgan fingerprint density at radius 1 is 1.36 bits per heavy atom. The zero-order valence-corrected chi connectivity index (χ0v) is 8.79. The number of rotatable bonds is 3. The molecule has 0 aliphatic rings. The van der Waals surface area contributed by atoms with Crippen LogP contribution in [0.4, 0.5) is 10.1 Å². The lowest BCUT2D eigenvalue weighted by Gasteiger charge is -2.24. The molecule has 1 aromatic carbocycles. The lowest BCUT2D eigenvalue weighted by molar-refractivity contribution is 0.281. The molecule has 0 heterocycles. The van der Waals surface area contributed by atoms with Crippen molar-refractivity contribution in [3.63, 3.8) is 0 Å². The maximum atomic E-state index is 13.1. The summed E-state index contributed by atoms with van der Waals surface area (Å²) in [5.41, 5.74) is 1.40. The van der Waals surface area contributed by atoms with Gasteiger partial charge in [-0.05, 0) is 37.6 Å². The summed E-state index contributed by atoms with van der Waals surface area (Å²) in [4.78, 5) is 1.96. The maximum Gasteiger partial charge on any atom is 0.125 e. The standard InChI is InChI=1S/C11H16FNO/c1-8(2)13(3)11-5-9(7-14)4-10(12)6-11/h4-6,8,14H,7H2,1-3H3. The SMILES string of the molecule is CC(C)N(C)c1cc(F)cc(CO)c1. The molecule has 14 heavy (non-hydrogen) atoms. The van der Waals surface area contributed by atoms with Crippen LogP contribution in [0, 0.1) is 5.82 Å². The monoisotopic (exact) mass is 197 g/mol. The van der Waals surface area contributed by atoms with Gasteiger partial charge in [-0.3, -0.25) is 0 Å². The second-order valence-corrected chi connectivity index (χ2v) is 3.68. The van der Waals surface area contributed by atoms with Crippen molar-refractivity contribution in [1.29, 1.82) is 0 Å². The van der Waals surface area contributed by atoms with E-state index in [1.807, 2.05) is 25.8 Å². The summed E-state index contributed by atoms with van der Waals surface area (Å²) in [5, 5.41) is 8.92. The predicted molar refractivity (Wildman–Crippen MR) is 55.9 cm³/mol. The van der Waals surface area contributed by atoms with Crippen LogP contribution in [0.25, 0.3) is 0 Å². The van der Waals surface area contributed by atoms with Gasteiger partial charge in [0.25, 0.3) is 0 Å². The molecule has 78 valence electrons. The molecule has 0 atom stereocenters. The molecule has 0 fully saturated rings. The molecule has 0 amide bonds. The number of aliphatic hydroxyl groups is 1. The van der Waals surface area contributed by atoms with Gasteiger partial charge in [-0.25, -0.2) is 4.39 Å². The van der Waals surface area contributed by atoms with Crippen molar-refractivity contribution in [2.45, 2.75) is 26.5 Å². The first-order valence-corrected chi connectivity index (χ1v) is 4.67. The molecule has 1 N–H and O–H groups in total. The largest absolute Gasteiger partial charge is 0.392 e. The highest BCUT2D eigenvalue weighted by molar-refractivity contribution is 5.48. The Hall–Kier alpha value is -1.09. The van der Waals surface area contributed by atoms with Gasteiger partial charge in [0, 0.05) is 18.8 Å². The van der Waals surface area contributed by atoms with Crippen molar-refractivity contribution in [3.05, 3.63) is 29.6 Å². The molecular formula is C11H16FNO. The Morgan fingerprint density at radius 2 is 2.00 bits per heavy atom. The Labute approximate surface area is 84.0 Å². The van der Waals surface area contributed by atoms with Gasteiger partial charge >= 0.3 is 0 Å². The van der Waals surface area contributed by atoms with Crippen molar-refractivity contribution in [3.8, 4) is 0 Å². The van der Waals surface area contributed by atoms with E-state index in [1.54, 1.807) is 6.07 Å². The molecule has 2 nitrogen and oxygen atoms in total. The lowest BCUT2D eigenvalue weighted by Crippen LogP contribution is -2.25. The molecule has 1 rings (SSSR count). The fraction of sp³-hybridized carbons (Fsp3) is 0.455. The van der Waals surface area contributed by atoms with E-state index in [0.717, 1.165) is 5.69 Å². The minimum Gasteiger partial charge on any atom is -0.392 e. The van der Waals surface area contributed by atoms with Gasteiger partial charge < -0.3 is 10.0 Å². The van der Waals surface area contributed by atoms with E-state index in [2.05, 4.69) is 0 Å². The molecule has 0 saturated carbocycles. The maximum absolute atomic E-state index is 13.1. The van der Waals surface area contributed by atoms with E-state index < -0.39 is 0 Å². The topological polar surface area (TPSA) is 23.5 Å². The first-order valence-electron chi connectivity index (χ1n) is 4.67. The molecule has 0 unspecified atom stereocenters. The fourth-order valence-electron chi connectivity index (χ4n) is 1.23. The average Bonchev–Trinajstić information content (AvgIpc) is 2.15. The van der Waals surface area contributed by atoms with Crippen LogP contribution in [-0.4, -0.2) is 18.2 Å². The van der Waals surface area contributed by atoms with E-state index in [4.69, 9.17) is 5.11 Å². The highest BCUT2D eigenvalue weighted by atomic mass is 19.1. The zero-order valence-electron chi connectivity index (χ0n) is 8.79. The van der Waals surface area contributed by atoms with E-state index in [0.29, 0.717) is 11.6 Å². The normalized spacial score (nSPS) is 10.7. The van der Waals surface area contributed by atoms with Crippen molar-refractivity contribution in [2.24, 2.45) is 0 Å². The van der Waals surface area contributed by atoms with Crippen molar-refractivity contribution in [1.82, 2.24) is 0 Å². The number of benzene rings is 1. The Kier molecular flexibility index (Phi) is 3.47. The highest BCUT2D eigenvalue weighted by Gasteiger charge is 2.07. The summed E-state index contributed by atoms with van der Waals surface area (Å²) in [6, 6.07) is 4.92. The lowest BCUT2D eigenvalue weighted by atomic mass is 10.1. The third kappa shape index (κ3) is 2.45. The van der Waals surface area contributed by atoms with Crippen LogP contribution in [-0.2, 0) is 6.61 Å². The van der Waals surface area contributed by atoms with Crippen LogP contribution >= 0.6 is 0 Å². The van der Waals surface area contributed by atoms with Crippen molar-refractivity contribution >= 4 is 5.69 Å². The van der Waals surface area contributed by atoms with Crippen LogP contribution in [0.2, 0.25) is 0 Å². The van der Waals surface area contributed by atoms with Gasteiger partial charge in [0.05, 0.1) is 6.61 Å². The second kappa shape index (κ2) is 4.42. The van der Waals surface area contributed by atoms with Gasteiger partial charge in [0.2, 0.25) is 0 Å². The average molecular weight is 197 g/mol. The molecule has 0 aliphatic heterocycles. The number of hydrogen-bond donors (Lipinski definition) is 1. The van der Waals surface area contributed by atoms with Crippen LogP contribution in [0.5, 0.6) is 0 Å². The summed E-state index contributed by atoms with van der Waals surface area (Å²) in [5.74, 6) is -0.306. The van der Waals surface area contributed by atoms with Gasteiger partial charge in [-0.15, -0.1) is 0 Å². The van der Waals surface area contributed by atoms with Crippen LogP contribution in [0.15, 0.2) is 18.2 Å². The first-order chi connectivity index (χ1) is 6.54. The van der Waals surface area contributed by atoms with Crippen molar-refractivity contribution in [2.75, 3.05) is 11.9 Å². The zero-order chi connectivity index (χ0) is 10.7. The van der Waals surface area contributed by atoms with Crippen LogP contribution in [0.1, 0.15) is 19.4 Å². The van der Waals surface area contributed by atoms with E-state index in [9.17, 15) is 4.39 Å². The van der Waals surface area contributed by atoms with Crippen molar-refractivity contribution < 1.29 is 9.50 Å². The van der Waals surface area contributed by atoms with Gasteiger partial charge in [-0.1, -0.05) is 0 Å². The molecule has 0 aromatic heterocycles. The summed E-state index contributed by atoms with van der Waals surface area (Å²) >= 11 is 0. The molecule has 0 aliphatic carbocycles. The van der Waals surface area contributed by atoms with E-state index >= 15 is 0 Å². The van der Waals surface area contributed by atoms with E-state index in [-0.39, 0.29) is 12.4 Å². The summed E-state index contributed by atoms with van der Waals surface area (Å²) in [6.07, 6.45) is 0. The summed E-state index contributed by atoms with van der Waals surface area (Å²) < 4.78 is 13.1. The minimum absolute atomic E-state index is 0.128. The third-order valence-corrected chi connectivity index (χ3v) is 2.31. The minimum atomic E-state index is -0.306. The number of halogens is 1. The summed E-state index contributed by atoms with van der Waals surface area (Å²) in [7, 11) is 1.90. The fourth-order valence-corrected chi connectivity index (χ4v) is 1.23. The number of aliphatic hydroxyl groups excluding tert-OH is 1. The van der Waals surface area contributed by atoms with Gasteiger partial charge in [0.15, 0.2) is 0 Å². The first kappa shape index (κ1) is 11.0. The molecule has 0 radical (unpaired) electrons. The highest BCUT2D eigenvalue weighted by Crippen LogP contribution is 2.19. The molecular weight excluding hydrogens is 181 g/mol. The molecule has 1 aromatic rings. The Morgan fingerprint density at radius 3 is 2.50 bits per heavy atom. The Bertz CT molecular complexity index is 312. The molecule has 0 bridgehead atoms. The second-order valence-electron chi connectivity index (χ2n) is 3.68. The quantitative estimate of drug-likeness (QED) is 0.802. The van der Waals surface area contributed by atoms with E-state index in [1.165, 1.54) is 12.1 Å². The molecule has 0 spiro atoms. The molecule has 0 saturated heterocycles. The number of hydrogen-bond acceptors (Lipinski definition) is 2.